The first-order valence-corrected chi connectivity index (χ1v) is 9.53. The highest BCUT2D eigenvalue weighted by Gasteiger charge is 2.39. The highest BCUT2D eigenvalue weighted by molar-refractivity contribution is 6.37. The Morgan fingerprint density at radius 2 is 1.74 bits per heavy atom. The minimum Gasteiger partial charge on any atom is -0.448 e. The van der Waals surface area contributed by atoms with E-state index in [-0.39, 0.29) is 6.61 Å². The number of ketones is 1. The van der Waals surface area contributed by atoms with Crippen LogP contribution in [0, 0.1) is 5.41 Å². The lowest BCUT2D eigenvalue weighted by Gasteiger charge is -2.38. The van der Waals surface area contributed by atoms with Crippen LogP contribution < -0.4 is 0 Å². The second kappa shape index (κ2) is 10.7. The van der Waals surface area contributed by atoms with E-state index >= 15 is 0 Å². The van der Waals surface area contributed by atoms with Crippen molar-refractivity contribution in [2.24, 2.45) is 5.41 Å². The number of hydrogen-bond donors (Lipinski definition) is 0. The average Bonchev–Trinajstić information content (AvgIpc) is 2.68. The normalized spacial score (nSPS) is 15.3. The lowest BCUT2D eigenvalue weighted by molar-refractivity contribution is -0.161. The Kier molecular flexibility index (Phi) is 8.98. The Hall–Kier alpha value is -2.37. The van der Waals surface area contributed by atoms with Gasteiger partial charge in [0.25, 0.3) is 0 Å². The van der Waals surface area contributed by atoms with Crippen molar-refractivity contribution in [1.82, 2.24) is 10.0 Å². The van der Waals surface area contributed by atoms with Gasteiger partial charge in [0.05, 0.1) is 6.61 Å². The molecule has 0 radical (unpaired) electrons. The van der Waals surface area contributed by atoms with Gasteiger partial charge in [0.15, 0.2) is 0 Å². The molecule has 0 aromatic carbocycles. The fourth-order valence-corrected chi connectivity index (χ4v) is 2.65. The zero-order chi connectivity index (χ0) is 20.4. The smallest absolute Gasteiger partial charge is 0.428 e. The SMILES string of the molecule is C=C/C=C(\C=C)CCCOC(=O)N1CCCCN1C(=O)C(=O)C(C)(C)CC. The second-order valence-corrected chi connectivity index (χ2v) is 7.22. The van der Waals surface area contributed by atoms with Crippen molar-refractivity contribution >= 4 is 17.8 Å². The lowest BCUT2D eigenvalue weighted by Crippen LogP contribution is -2.56. The molecule has 0 aliphatic carbocycles. The molecule has 0 saturated carbocycles. The summed E-state index contributed by atoms with van der Waals surface area (Å²) in [5.41, 5.74) is 0.270. The average molecular weight is 376 g/mol. The van der Waals surface area contributed by atoms with Crippen LogP contribution in [0.25, 0.3) is 0 Å². The molecule has 1 saturated heterocycles. The molecule has 2 amide bonds. The Morgan fingerprint density at radius 3 is 2.30 bits per heavy atom. The molecule has 1 fully saturated rings. The maximum absolute atomic E-state index is 12.6. The van der Waals surface area contributed by atoms with Crippen molar-refractivity contribution < 1.29 is 19.1 Å². The van der Waals surface area contributed by atoms with Crippen molar-refractivity contribution in [2.45, 2.75) is 52.9 Å². The van der Waals surface area contributed by atoms with E-state index < -0.39 is 23.2 Å². The van der Waals surface area contributed by atoms with Gasteiger partial charge in [0.1, 0.15) is 0 Å². The third-order valence-corrected chi connectivity index (χ3v) is 4.85. The fourth-order valence-electron chi connectivity index (χ4n) is 2.65. The molecule has 6 nitrogen and oxygen atoms in total. The van der Waals surface area contributed by atoms with E-state index in [4.69, 9.17) is 4.74 Å². The number of hydrogen-bond acceptors (Lipinski definition) is 4. The van der Waals surface area contributed by atoms with Crippen LogP contribution in [-0.4, -0.2) is 47.5 Å². The number of carbonyl (C=O) groups is 3. The minimum absolute atomic E-state index is 0.230. The summed E-state index contributed by atoms with van der Waals surface area (Å²) in [4.78, 5) is 37.6. The predicted molar refractivity (Wildman–Crippen MR) is 106 cm³/mol. The van der Waals surface area contributed by atoms with E-state index in [1.807, 2.05) is 13.0 Å². The van der Waals surface area contributed by atoms with Crippen LogP contribution in [0.4, 0.5) is 4.79 Å². The fraction of sp³-hybridized carbons (Fsp3) is 0.571. The molecule has 150 valence electrons. The Morgan fingerprint density at radius 1 is 1.11 bits per heavy atom. The molecule has 1 rings (SSSR count). The quantitative estimate of drug-likeness (QED) is 0.346. The highest BCUT2D eigenvalue weighted by Crippen LogP contribution is 2.24. The third-order valence-electron chi connectivity index (χ3n) is 4.85. The molecular formula is C21H32N2O4. The molecular weight excluding hydrogens is 344 g/mol. The topological polar surface area (TPSA) is 66.9 Å². The van der Waals surface area contributed by atoms with Gasteiger partial charge < -0.3 is 4.74 Å². The number of ether oxygens (including phenoxy) is 1. The molecule has 0 aromatic rings. The van der Waals surface area contributed by atoms with Crippen molar-refractivity contribution in [3.63, 3.8) is 0 Å². The van der Waals surface area contributed by atoms with Gasteiger partial charge in [0.2, 0.25) is 5.78 Å². The maximum Gasteiger partial charge on any atom is 0.428 e. The van der Waals surface area contributed by atoms with Gasteiger partial charge in [-0.3, -0.25) is 9.59 Å². The molecule has 0 aromatic heterocycles. The largest absolute Gasteiger partial charge is 0.448 e. The molecule has 1 heterocycles. The van der Waals surface area contributed by atoms with E-state index in [1.54, 1.807) is 26.0 Å². The highest BCUT2D eigenvalue weighted by atomic mass is 16.6. The van der Waals surface area contributed by atoms with Crippen LogP contribution in [0.1, 0.15) is 52.9 Å². The van der Waals surface area contributed by atoms with Crippen LogP contribution in [0.15, 0.2) is 37.0 Å². The summed E-state index contributed by atoms with van der Waals surface area (Å²) in [7, 11) is 0. The summed E-state index contributed by atoms with van der Waals surface area (Å²) in [6.45, 7) is 13.7. The first-order chi connectivity index (χ1) is 12.8. The van der Waals surface area contributed by atoms with Crippen molar-refractivity contribution in [1.29, 1.82) is 0 Å². The number of hydrazine groups is 1. The maximum atomic E-state index is 12.6. The molecule has 0 spiro atoms. The lowest BCUT2D eigenvalue weighted by atomic mass is 9.85. The molecule has 0 atom stereocenters. The molecule has 6 heteroatoms. The van der Waals surface area contributed by atoms with Crippen LogP contribution in [0.3, 0.4) is 0 Å². The summed E-state index contributed by atoms with van der Waals surface area (Å²) >= 11 is 0. The monoisotopic (exact) mass is 376 g/mol. The van der Waals surface area contributed by atoms with E-state index in [0.29, 0.717) is 32.4 Å². The molecule has 1 aliphatic rings. The minimum atomic E-state index is -0.747. The summed E-state index contributed by atoms with van der Waals surface area (Å²) < 4.78 is 5.32. The summed E-state index contributed by atoms with van der Waals surface area (Å²) in [5, 5.41) is 2.52. The number of rotatable bonds is 9. The first kappa shape index (κ1) is 22.7. The van der Waals surface area contributed by atoms with Gasteiger partial charge in [-0.25, -0.2) is 14.8 Å². The summed E-state index contributed by atoms with van der Waals surface area (Å²) in [5.74, 6) is -1.11. The molecule has 1 aliphatic heterocycles. The Bertz CT molecular complexity index is 607. The van der Waals surface area contributed by atoms with Gasteiger partial charge >= 0.3 is 12.0 Å². The number of Topliss-reactive ketones (excluding diaryl/α,β-unsaturated/α-hetero) is 1. The van der Waals surface area contributed by atoms with Crippen molar-refractivity contribution in [3.05, 3.63) is 37.0 Å². The van der Waals surface area contributed by atoms with E-state index in [1.165, 1.54) is 10.0 Å². The van der Waals surface area contributed by atoms with E-state index in [2.05, 4.69) is 13.2 Å². The van der Waals surface area contributed by atoms with Crippen LogP contribution in [0.5, 0.6) is 0 Å². The zero-order valence-corrected chi connectivity index (χ0v) is 16.8. The van der Waals surface area contributed by atoms with Gasteiger partial charge in [-0.05, 0) is 37.7 Å². The van der Waals surface area contributed by atoms with Gasteiger partial charge in [-0.15, -0.1) is 0 Å². The zero-order valence-electron chi connectivity index (χ0n) is 16.8. The number of carbonyl (C=O) groups excluding carboxylic acids is 3. The van der Waals surface area contributed by atoms with Crippen molar-refractivity contribution in [3.8, 4) is 0 Å². The number of amides is 2. The molecule has 27 heavy (non-hydrogen) atoms. The molecule has 0 bridgehead atoms. The third kappa shape index (κ3) is 6.38. The predicted octanol–water partition coefficient (Wildman–Crippen LogP) is 4.05. The van der Waals surface area contributed by atoms with E-state index in [9.17, 15) is 14.4 Å². The number of nitrogens with zero attached hydrogens (tertiary/aromatic N) is 2. The standard InChI is InChI=1S/C21H32N2O4/c1-6-12-17(7-2)13-11-16-27-20(26)23-15-10-9-14-22(23)19(25)18(24)21(4,5)8-3/h6-7,12H,1-2,8-11,13-16H2,3-5H3/b17-12+. The van der Waals surface area contributed by atoms with Gasteiger partial charge in [-0.2, -0.15) is 0 Å². The van der Waals surface area contributed by atoms with Crippen LogP contribution >= 0.6 is 0 Å². The van der Waals surface area contributed by atoms with Crippen LogP contribution in [0.2, 0.25) is 0 Å². The second-order valence-electron chi connectivity index (χ2n) is 7.22. The number of allylic oxidation sites excluding steroid dienone is 4. The molecule has 0 N–H and O–H groups in total. The van der Waals surface area contributed by atoms with Gasteiger partial charge in [-0.1, -0.05) is 52.2 Å². The Labute approximate surface area is 162 Å². The summed E-state index contributed by atoms with van der Waals surface area (Å²) in [6, 6.07) is 0. The van der Waals surface area contributed by atoms with Gasteiger partial charge in [0, 0.05) is 18.5 Å². The first-order valence-electron chi connectivity index (χ1n) is 9.53. The Balaban J connectivity index is 2.66. The summed E-state index contributed by atoms with van der Waals surface area (Å²) in [6.07, 6.45) is 8.15. The van der Waals surface area contributed by atoms with E-state index in [0.717, 1.165) is 18.4 Å². The molecule has 0 unspecified atom stereocenters. The van der Waals surface area contributed by atoms with Crippen molar-refractivity contribution in [2.75, 3.05) is 19.7 Å². The van der Waals surface area contributed by atoms with Crippen LogP contribution in [-0.2, 0) is 14.3 Å².